The Kier molecular flexibility index (Phi) is 7.29. The predicted octanol–water partition coefficient (Wildman–Crippen LogP) is 6.64. The first-order valence-electron chi connectivity index (χ1n) is 10.9. The van der Waals surface area contributed by atoms with Crippen molar-refractivity contribution in [2.24, 2.45) is 0 Å². The highest BCUT2D eigenvalue weighted by Crippen LogP contribution is 2.37. The largest absolute Gasteiger partial charge is 0.373 e. The molecule has 1 heterocycles. The van der Waals surface area contributed by atoms with Gasteiger partial charge < -0.3 is 10.1 Å². The van der Waals surface area contributed by atoms with E-state index in [-0.39, 0.29) is 18.8 Å². The van der Waals surface area contributed by atoms with Crippen molar-refractivity contribution < 1.29 is 9.13 Å². The van der Waals surface area contributed by atoms with Crippen molar-refractivity contribution in [3.63, 3.8) is 0 Å². The van der Waals surface area contributed by atoms with Crippen molar-refractivity contribution in [3.05, 3.63) is 75.0 Å². The minimum atomic E-state index is -0.504. The summed E-state index contributed by atoms with van der Waals surface area (Å²) in [5, 5.41) is 4.71. The first kappa shape index (κ1) is 23.0. The second kappa shape index (κ2) is 10.2. The summed E-state index contributed by atoms with van der Waals surface area (Å²) in [6.07, 6.45) is 1.97. The van der Waals surface area contributed by atoms with Crippen molar-refractivity contribution in [2.45, 2.75) is 45.3 Å². The Labute approximate surface area is 198 Å². The fourth-order valence-corrected chi connectivity index (χ4v) is 4.74. The fourth-order valence-electron chi connectivity index (χ4n) is 4.24. The zero-order valence-corrected chi connectivity index (χ0v) is 19.7. The van der Waals surface area contributed by atoms with E-state index in [1.54, 1.807) is 6.07 Å². The number of halogens is 3. The van der Waals surface area contributed by atoms with Gasteiger partial charge >= 0.3 is 0 Å². The minimum absolute atomic E-state index is 0.0807. The number of aryl methyl sites for hydroxylation is 2. The Morgan fingerprint density at radius 1 is 1.06 bits per heavy atom. The van der Waals surface area contributed by atoms with Crippen LogP contribution in [0.25, 0.3) is 11.3 Å². The molecule has 1 unspecified atom stereocenters. The van der Waals surface area contributed by atoms with Gasteiger partial charge in [-0.2, -0.15) is 0 Å². The summed E-state index contributed by atoms with van der Waals surface area (Å²) in [4.78, 5) is 9.91. The Balaban J connectivity index is 1.73. The molecule has 0 saturated heterocycles. The molecule has 0 saturated carbocycles. The highest BCUT2D eigenvalue weighted by atomic mass is 35.5. The summed E-state index contributed by atoms with van der Waals surface area (Å²) in [6, 6.07) is 13.5. The van der Waals surface area contributed by atoms with Crippen LogP contribution < -0.4 is 5.32 Å². The third-order valence-electron chi connectivity index (χ3n) is 5.78. The Morgan fingerprint density at radius 3 is 2.56 bits per heavy atom. The molecular weight excluding hydrogens is 448 g/mol. The van der Waals surface area contributed by atoms with Crippen LogP contribution in [0.1, 0.15) is 42.4 Å². The van der Waals surface area contributed by atoms with E-state index >= 15 is 0 Å². The van der Waals surface area contributed by atoms with E-state index in [0.717, 1.165) is 40.4 Å². The Morgan fingerprint density at radius 2 is 1.84 bits per heavy atom. The lowest BCUT2D eigenvalue weighted by atomic mass is 10.1. The van der Waals surface area contributed by atoms with E-state index in [1.165, 1.54) is 5.56 Å². The lowest BCUT2D eigenvalue weighted by Crippen LogP contribution is -2.27. The molecule has 0 fully saturated rings. The number of rotatable bonds is 8. The summed E-state index contributed by atoms with van der Waals surface area (Å²) < 4.78 is 18.7. The monoisotopic (exact) mass is 473 g/mol. The highest BCUT2D eigenvalue weighted by molar-refractivity contribution is 6.36. The van der Waals surface area contributed by atoms with Gasteiger partial charge in [0, 0.05) is 17.0 Å². The van der Waals surface area contributed by atoms with Crippen LogP contribution in [0.5, 0.6) is 0 Å². The van der Waals surface area contributed by atoms with Crippen molar-refractivity contribution in [1.29, 1.82) is 0 Å². The van der Waals surface area contributed by atoms with Gasteiger partial charge in [0.15, 0.2) is 0 Å². The van der Waals surface area contributed by atoms with Crippen LogP contribution in [0.2, 0.25) is 10.0 Å². The maximum Gasteiger partial charge on any atom is 0.148 e. The number of nitrogens with one attached hydrogen (secondary N) is 1. The van der Waals surface area contributed by atoms with Gasteiger partial charge in [0.2, 0.25) is 0 Å². The number of ether oxygens (including phenoxy) is 1. The van der Waals surface area contributed by atoms with Gasteiger partial charge in [-0.15, -0.1) is 0 Å². The maximum absolute atomic E-state index is 12.8. The highest BCUT2D eigenvalue weighted by Gasteiger charge is 2.34. The van der Waals surface area contributed by atoms with Crippen LogP contribution in [-0.2, 0) is 24.0 Å². The molecular formula is C25H26Cl2FN3O. The van der Waals surface area contributed by atoms with Crippen LogP contribution in [0, 0.1) is 0 Å². The molecule has 1 aliphatic rings. The molecule has 168 valence electrons. The Hall–Kier alpha value is -2.21. The number of nitrogens with zero attached hydrogens (tertiary/aromatic N) is 2. The predicted molar refractivity (Wildman–Crippen MR) is 128 cm³/mol. The second-order valence-electron chi connectivity index (χ2n) is 7.77. The van der Waals surface area contributed by atoms with Crippen LogP contribution in [0.15, 0.2) is 42.5 Å². The molecule has 4 nitrogen and oxygen atoms in total. The fraction of sp³-hybridized carbons (Fsp3) is 0.360. The molecule has 0 spiro atoms. The summed E-state index contributed by atoms with van der Waals surface area (Å²) >= 11 is 12.6. The van der Waals surface area contributed by atoms with Gasteiger partial charge in [0.25, 0.3) is 0 Å². The number of alkyl halides is 1. The zero-order valence-electron chi connectivity index (χ0n) is 18.2. The van der Waals surface area contributed by atoms with Gasteiger partial charge in [-0.1, -0.05) is 61.3 Å². The zero-order chi connectivity index (χ0) is 22.7. The molecule has 3 aromatic rings. The topological polar surface area (TPSA) is 47.0 Å². The van der Waals surface area contributed by atoms with E-state index in [2.05, 4.69) is 17.4 Å². The molecule has 2 aromatic carbocycles. The van der Waals surface area contributed by atoms with Gasteiger partial charge in [0.1, 0.15) is 12.5 Å². The third-order valence-corrected chi connectivity index (χ3v) is 6.33. The summed E-state index contributed by atoms with van der Waals surface area (Å²) in [7, 11) is 0. The number of hydrogen-bond donors (Lipinski definition) is 1. The maximum atomic E-state index is 12.8. The van der Waals surface area contributed by atoms with Gasteiger partial charge in [-0.05, 0) is 42.2 Å². The number of fused-ring (bicyclic) bond motifs is 1. The van der Waals surface area contributed by atoms with Crippen LogP contribution in [0.4, 0.5) is 10.2 Å². The molecule has 1 aromatic heterocycles. The standard InChI is InChI=1S/C25H26Cl2FN3O/c1-3-20-23(18-10-9-16(26)14-19(18)27)29-21(4-2)25(30-20)31-24-17-8-6-5-7-15(17)13-22(24)32-12-11-28/h5-10,14,22,24H,3-4,11-13H2,1-2H3,(H,30,31)/t22-,24?/m0/s1. The lowest BCUT2D eigenvalue weighted by molar-refractivity contribution is 0.0393. The summed E-state index contributed by atoms with van der Waals surface area (Å²) in [6.45, 7) is 3.67. The van der Waals surface area contributed by atoms with E-state index in [4.69, 9.17) is 37.9 Å². The number of anilines is 1. The third kappa shape index (κ3) is 4.61. The van der Waals surface area contributed by atoms with Crippen molar-refractivity contribution in [3.8, 4) is 11.3 Å². The molecule has 1 aliphatic carbocycles. The Bertz CT molecular complexity index is 1110. The van der Waals surface area contributed by atoms with Crippen molar-refractivity contribution in [2.75, 3.05) is 18.6 Å². The molecule has 7 heteroatoms. The van der Waals surface area contributed by atoms with E-state index < -0.39 is 6.67 Å². The van der Waals surface area contributed by atoms with Crippen LogP contribution in [-0.4, -0.2) is 29.4 Å². The summed E-state index contributed by atoms with van der Waals surface area (Å²) in [5.41, 5.74) is 5.65. The number of hydrogen-bond acceptors (Lipinski definition) is 4. The molecule has 0 radical (unpaired) electrons. The smallest absolute Gasteiger partial charge is 0.148 e. The van der Waals surface area contributed by atoms with Gasteiger partial charge in [0.05, 0.1) is 40.9 Å². The first-order valence-corrected chi connectivity index (χ1v) is 11.7. The molecule has 4 rings (SSSR count). The van der Waals surface area contributed by atoms with E-state index in [9.17, 15) is 4.39 Å². The number of aromatic nitrogens is 2. The molecule has 2 atom stereocenters. The van der Waals surface area contributed by atoms with E-state index in [1.807, 2.05) is 38.1 Å². The average Bonchev–Trinajstić information content (AvgIpc) is 3.15. The molecule has 1 N–H and O–H groups in total. The quantitative estimate of drug-likeness (QED) is 0.398. The van der Waals surface area contributed by atoms with Crippen LogP contribution in [0.3, 0.4) is 0 Å². The molecule has 0 bridgehead atoms. The number of benzene rings is 2. The minimum Gasteiger partial charge on any atom is -0.373 e. The lowest BCUT2D eigenvalue weighted by Gasteiger charge is -2.24. The first-order chi connectivity index (χ1) is 15.5. The van der Waals surface area contributed by atoms with Gasteiger partial charge in [-0.3, -0.25) is 0 Å². The molecule has 0 amide bonds. The average molecular weight is 474 g/mol. The van der Waals surface area contributed by atoms with E-state index in [0.29, 0.717) is 22.9 Å². The molecule has 32 heavy (non-hydrogen) atoms. The SMILES string of the molecule is CCc1nc(-c2ccc(Cl)cc2Cl)c(CC)nc1NC1c2ccccc2C[C@@H]1OCCF. The second-order valence-corrected chi connectivity index (χ2v) is 8.61. The van der Waals surface area contributed by atoms with Gasteiger partial charge in [-0.25, -0.2) is 14.4 Å². The van der Waals surface area contributed by atoms with Crippen molar-refractivity contribution >= 4 is 29.0 Å². The summed E-state index contributed by atoms with van der Waals surface area (Å²) in [5.74, 6) is 0.730. The normalized spacial score (nSPS) is 17.4. The van der Waals surface area contributed by atoms with Crippen LogP contribution >= 0.6 is 23.2 Å². The molecule has 0 aliphatic heterocycles. The van der Waals surface area contributed by atoms with Crippen molar-refractivity contribution in [1.82, 2.24) is 9.97 Å².